The van der Waals surface area contributed by atoms with Gasteiger partial charge in [0, 0.05) is 7.05 Å². The molecule has 2 aromatic carbocycles. The van der Waals surface area contributed by atoms with Crippen LogP contribution in [-0.2, 0) is 11.8 Å². The molecule has 130 valence electrons. The van der Waals surface area contributed by atoms with Crippen LogP contribution in [0.1, 0.15) is 12.5 Å². The fraction of sp³-hybridized carbons (Fsp3) is 0.263. The lowest BCUT2D eigenvalue weighted by atomic mass is 10.2. The molecular weight excluding hydrogens is 334 g/mol. The third-order valence-corrected chi connectivity index (χ3v) is 5.15. The zero-order chi connectivity index (χ0) is 18.0. The van der Waals surface area contributed by atoms with Gasteiger partial charge in [0.2, 0.25) is 5.91 Å². The molecule has 0 spiro atoms. The van der Waals surface area contributed by atoms with Crippen molar-refractivity contribution in [3.8, 4) is 5.75 Å². The third-order valence-electron chi connectivity index (χ3n) is 4.01. The minimum absolute atomic E-state index is 0.0824. The normalized spacial score (nSPS) is 12.2. The summed E-state index contributed by atoms with van der Waals surface area (Å²) in [5, 5.41) is 3.48. The summed E-state index contributed by atoms with van der Waals surface area (Å²) in [6.07, 6.45) is 0. The van der Waals surface area contributed by atoms with E-state index < -0.39 is 0 Å². The maximum Gasteiger partial charge on any atom is 0.237 e. The molecule has 0 aliphatic heterocycles. The van der Waals surface area contributed by atoms with Crippen molar-refractivity contribution in [3.05, 3.63) is 48.0 Å². The van der Waals surface area contributed by atoms with Crippen LogP contribution in [0, 0.1) is 6.92 Å². The molecule has 1 amide bonds. The van der Waals surface area contributed by atoms with Crippen molar-refractivity contribution in [2.45, 2.75) is 24.3 Å². The van der Waals surface area contributed by atoms with Gasteiger partial charge in [0.25, 0.3) is 0 Å². The Morgan fingerprint density at radius 1 is 1.28 bits per heavy atom. The first-order valence-electron chi connectivity index (χ1n) is 8.03. The fourth-order valence-corrected chi connectivity index (χ4v) is 3.48. The summed E-state index contributed by atoms with van der Waals surface area (Å²) in [6, 6.07) is 13.7. The fourth-order valence-electron chi connectivity index (χ4n) is 2.59. The van der Waals surface area contributed by atoms with Crippen molar-refractivity contribution in [1.82, 2.24) is 9.55 Å². The minimum Gasteiger partial charge on any atom is -0.495 e. The molecule has 0 aliphatic carbocycles. The van der Waals surface area contributed by atoms with Gasteiger partial charge < -0.3 is 14.6 Å². The van der Waals surface area contributed by atoms with Crippen molar-refractivity contribution in [2.75, 3.05) is 12.4 Å². The minimum atomic E-state index is -0.291. The van der Waals surface area contributed by atoms with E-state index in [-0.39, 0.29) is 11.2 Å². The molecule has 0 radical (unpaired) electrons. The number of hydrogen-bond acceptors (Lipinski definition) is 4. The molecule has 1 N–H and O–H groups in total. The zero-order valence-electron chi connectivity index (χ0n) is 14.7. The number of carbonyl (C=O) groups excluding carboxylic acids is 1. The number of nitrogens with zero attached hydrogens (tertiary/aromatic N) is 2. The van der Waals surface area contributed by atoms with E-state index in [0.717, 1.165) is 21.8 Å². The Morgan fingerprint density at radius 2 is 2.04 bits per heavy atom. The molecule has 0 aliphatic rings. The first-order chi connectivity index (χ1) is 12.0. The highest BCUT2D eigenvalue weighted by Crippen LogP contribution is 2.29. The average Bonchev–Trinajstić information content (AvgIpc) is 2.91. The SMILES string of the molecule is COc1ccc(C)cc1NC(=O)C(C)Sc1nc2ccccc2n1C. The van der Waals surface area contributed by atoms with E-state index in [1.165, 1.54) is 11.8 Å². The summed E-state index contributed by atoms with van der Waals surface area (Å²) in [6.45, 7) is 3.86. The van der Waals surface area contributed by atoms with Crippen LogP contribution in [0.15, 0.2) is 47.6 Å². The number of rotatable bonds is 5. The number of para-hydroxylation sites is 2. The molecule has 0 bridgehead atoms. The van der Waals surface area contributed by atoms with Crippen molar-refractivity contribution < 1.29 is 9.53 Å². The van der Waals surface area contributed by atoms with Crippen LogP contribution in [-0.4, -0.2) is 27.8 Å². The molecule has 0 saturated heterocycles. The van der Waals surface area contributed by atoms with Gasteiger partial charge in [-0.15, -0.1) is 0 Å². The Balaban J connectivity index is 1.76. The number of hydrogen-bond donors (Lipinski definition) is 1. The monoisotopic (exact) mass is 355 g/mol. The predicted octanol–water partition coefficient (Wildman–Crippen LogP) is 4.01. The smallest absolute Gasteiger partial charge is 0.237 e. The number of benzene rings is 2. The number of amides is 1. The van der Waals surface area contributed by atoms with Crippen LogP contribution in [0.3, 0.4) is 0 Å². The predicted molar refractivity (Wildman–Crippen MR) is 102 cm³/mol. The number of imidazole rings is 1. The number of anilines is 1. The number of aryl methyl sites for hydroxylation is 2. The molecule has 3 rings (SSSR count). The number of thioether (sulfide) groups is 1. The second-order valence-electron chi connectivity index (χ2n) is 5.90. The highest BCUT2D eigenvalue weighted by molar-refractivity contribution is 8.00. The summed E-state index contributed by atoms with van der Waals surface area (Å²) in [5.74, 6) is 0.569. The lowest BCUT2D eigenvalue weighted by Crippen LogP contribution is -2.23. The number of fused-ring (bicyclic) bond motifs is 1. The van der Waals surface area contributed by atoms with Crippen LogP contribution in [0.25, 0.3) is 11.0 Å². The van der Waals surface area contributed by atoms with Gasteiger partial charge in [-0.1, -0.05) is 30.0 Å². The largest absolute Gasteiger partial charge is 0.495 e. The summed E-state index contributed by atoms with van der Waals surface area (Å²) < 4.78 is 7.33. The maximum absolute atomic E-state index is 12.6. The first kappa shape index (κ1) is 17.4. The Bertz CT molecular complexity index is 920. The van der Waals surface area contributed by atoms with E-state index in [1.54, 1.807) is 7.11 Å². The van der Waals surface area contributed by atoms with E-state index in [2.05, 4.69) is 10.3 Å². The number of carbonyl (C=O) groups is 1. The molecule has 1 unspecified atom stereocenters. The molecule has 0 saturated carbocycles. The number of aromatic nitrogens is 2. The molecule has 25 heavy (non-hydrogen) atoms. The molecule has 3 aromatic rings. The standard InChI is InChI=1S/C19H21N3O2S/c1-12-9-10-17(24-4)15(11-12)20-18(23)13(2)25-19-21-14-7-5-6-8-16(14)22(19)3/h5-11,13H,1-4H3,(H,20,23). The van der Waals surface area contributed by atoms with Crippen LogP contribution >= 0.6 is 11.8 Å². The van der Waals surface area contributed by atoms with Crippen molar-refractivity contribution in [2.24, 2.45) is 7.05 Å². The van der Waals surface area contributed by atoms with Gasteiger partial charge >= 0.3 is 0 Å². The van der Waals surface area contributed by atoms with Gasteiger partial charge in [0.1, 0.15) is 5.75 Å². The second-order valence-corrected chi connectivity index (χ2v) is 7.20. The zero-order valence-corrected chi connectivity index (χ0v) is 15.6. The quantitative estimate of drug-likeness (QED) is 0.703. The molecule has 1 heterocycles. The summed E-state index contributed by atoms with van der Waals surface area (Å²) in [5.41, 5.74) is 3.73. The molecule has 1 atom stereocenters. The van der Waals surface area contributed by atoms with Gasteiger partial charge in [0.05, 0.1) is 29.1 Å². The molecule has 5 nitrogen and oxygen atoms in total. The molecular formula is C19H21N3O2S. The Hall–Kier alpha value is -2.47. The van der Waals surface area contributed by atoms with E-state index in [9.17, 15) is 4.79 Å². The van der Waals surface area contributed by atoms with Gasteiger partial charge in [-0.25, -0.2) is 4.98 Å². The van der Waals surface area contributed by atoms with Crippen LogP contribution in [0.2, 0.25) is 0 Å². The second kappa shape index (κ2) is 7.19. The van der Waals surface area contributed by atoms with Crippen LogP contribution in [0.5, 0.6) is 5.75 Å². The third kappa shape index (κ3) is 3.64. The van der Waals surface area contributed by atoms with E-state index in [4.69, 9.17) is 4.74 Å². The topological polar surface area (TPSA) is 56.1 Å². The molecule has 1 aromatic heterocycles. The van der Waals surface area contributed by atoms with E-state index in [0.29, 0.717) is 11.4 Å². The number of nitrogens with one attached hydrogen (secondary N) is 1. The Labute approximate surface area is 151 Å². The number of methoxy groups -OCH3 is 1. The lowest BCUT2D eigenvalue weighted by Gasteiger charge is -2.14. The van der Waals surface area contributed by atoms with Gasteiger partial charge in [0.15, 0.2) is 5.16 Å². The van der Waals surface area contributed by atoms with E-state index >= 15 is 0 Å². The van der Waals surface area contributed by atoms with Crippen LogP contribution < -0.4 is 10.1 Å². The maximum atomic E-state index is 12.6. The van der Waals surface area contributed by atoms with Gasteiger partial charge in [-0.3, -0.25) is 4.79 Å². The number of ether oxygens (including phenoxy) is 1. The molecule has 0 fully saturated rings. The summed E-state index contributed by atoms with van der Waals surface area (Å²) in [4.78, 5) is 17.2. The van der Waals surface area contributed by atoms with Crippen molar-refractivity contribution >= 4 is 34.4 Å². The lowest BCUT2D eigenvalue weighted by molar-refractivity contribution is -0.115. The highest BCUT2D eigenvalue weighted by atomic mass is 32.2. The van der Waals surface area contributed by atoms with E-state index in [1.807, 2.05) is 67.9 Å². The van der Waals surface area contributed by atoms with Gasteiger partial charge in [-0.2, -0.15) is 0 Å². The van der Waals surface area contributed by atoms with Crippen LogP contribution in [0.4, 0.5) is 5.69 Å². The summed E-state index contributed by atoms with van der Waals surface area (Å²) >= 11 is 1.44. The van der Waals surface area contributed by atoms with Crippen molar-refractivity contribution in [1.29, 1.82) is 0 Å². The average molecular weight is 355 g/mol. The highest BCUT2D eigenvalue weighted by Gasteiger charge is 2.19. The van der Waals surface area contributed by atoms with Gasteiger partial charge in [-0.05, 0) is 43.7 Å². The summed E-state index contributed by atoms with van der Waals surface area (Å²) in [7, 11) is 3.56. The molecule has 6 heteroatoms. The van der Waals surface area contributed by atoms with Crippen molar-refractivity contribution in [3.63, 3.8) is 0 Å². The first-order valence-corrected chi connectivity index (χ1v) is 8.91. The Morgan fingerprint density at radius 3 is 2.76 bits per heavy atom. The Kier molecular flexibility index (Phi) is 4.99.